The lowest BCUT2D eigenvalue weighted by Gasteiger charge is -2.30. The summed E-state index contributed by atoms with van der Waals surface area (Å²) in [5, 5.41) is 13.0. The van der Waals surface area contributed by atoms with Crippen molar-refractivity contribution in [2.45, 2.75) is 65.6 Å². The summed E-state index contributed by atoms with van der Waals surface area (Å²) in [7, 11) is 0. The van der Waals surface area contributed by atoms with Crippen LogP contribution in [-0.4, -0.2) is 64.3 Å². The number of nitrogens with one attached hydrogen (secondary N) is 1. The first-order chi connectivity index (χ1) is 11.4. The number of aliphatic hydroxyl groups is 1. The highest BCUT2D eigenvalue weighted by atomic mass is 16.3. The van der Waals surface area contributed by atoms with Crippen LogP contribution in [0.2, 0.25) is 0 Å². The summed E-state index contributed by atoms with van der Waals surface area (Å²) in [5.74, 6) is 1.63. The molecule has 2 N–H and O–H groups in total. The molecule has 1 atom stereocenters. The Morgan fingerprint density at radius 3 is 2.67 bits per heavy atom. The Morgan fingerprint density at radius 2 is 2.04 bits per heavy atom. The molecule has 1 aromatic heterocycles. The van der Waals surface area contributed by atoms with Gasteiger partial charge in [-0.1, -0.05) is 0 Å². The molecule has 6 heteroatoms. The van der Waals surface area contributed by atoms with Crippen LogP contribution in [0.4, 0.5) is 11.8 Å². The molecule has 0 radical (unpaired) electrons. The first-order valence-corrected chi connectivity index (χ1v) is 9.14. The van der Waals surface area contributed by atoms with Gasteiger partial charge in [0.25, 0.3) is 0 Å². The maximum Gasteiger partial charge on any atom is 0.227 e. The predicted molar refractivity (Wildman–Crippen MR) is 99.7 cm³/mol. The van der Waals surface area contributed by atoms with Crippen molar-refractivity contribution in [3.63, 3.8) is 0 Å². The second-order valence-corrected chi connectivity index (χ2v) is 7.23. The summed E-state index contributed by atoms with van der Waals surface area (Å²) in [6, 6.07) is 1.21. The van der Waals surface area contributed by atoms with Crippen molar-refractivity contribution < 1.29 is 5.11 Å². The van der Waals surface area contributed by atoms with E-state index in [2.05, 4.69) is 47.8 Å². The van der Waals surface area contributed by atoms with Crippen LogP contribution >= 0.6 is 0 Å². The number of rotatable bonds is 8. The van der Waals surface area contributed by atoms with E-state index >= 15 is 0 Å². The molecule has 0 amide bonds. The van der Waals surface area contributed by atoms with Gasteiger partial charge in [0, 0.05) is 43.5 Å². The van der Waals surface area contributed by atoms with Gasteiger partial charge in [0.2, 0.25) is 5.95 Å². The Kier molecular flexibility index (Phi) is 6.80. The average molecular weight is 335 g/mol. The molecule has 0 saturated carbocycles. The lowest BCUT2D eigenvalue weighted by Crippen LogP contribution is -2.40. The topological polar surface area (TPSA) is 64.5 Å². The molecule has 1 saturated heterocycles. The number of nitrogens with zero attached hydrogens (tertiary/aromatic N) is 4. The van der Waals surface area contributed by atoms with Crippen LogP contribution < -0.4 is 10.2 Å². The minimum absolute atomic E-state index is 0.151. The molecule has 1 aromatic rings. The zero-order valence-corrected chi connectivity index (χ0v) is 15.8. The molecular weight excluding hydrogens is 302 g/mol. The van der Waals surface area contributed by atoms with Crippen LogP contribution in [-0.2, 0) is 0 Å². The van der Waals surface area contributed by atoms with E-state index in [9.17, 15) is 5.11 Å². The van der Waals surface area contributed by atoms with Gasteiger partial charge in [-0.3, -0.25) is 4.90 Å². The van der Waals surface area contributed by atoms with Crippen LogP contribution in [0.25, 0.3) is 0 Å². The minimum Gasteiger partial charge on any atom is -0.394 e. The molecule has 0 aromatic carbocycles. The molecule has 1 aliphatic rings. The van der Waals surface area contributed by atoms with Crippen LogP contribution in [0.1, 0.15) is 46.1 Å². The zero-order valence-electron chi connectivity index (χ0n) is 15.8. The standard InChI is InChI=1S/C18H33N5O/c1-13(2)22(14(3)4)10-8-19-17-15(5)11-20-18(21-17)23-9-6-7-16(23)12-24/h11,13-14,16,24H,6-10,12H2,1-5H3,(H,19,20,21). The van der Waals surface area contributed by atoms with Gasteiger partial charge in [0.1, 0.15) is 5.82 Å². The van der Waals surface area contributed by atoms with Crippen molar-refractivity contribution in [2.24, 2.45) is 0 Å². The van der Waals surface area contributed by atoms with Crippen molar-refractivity contribution in [1.29, 1.82) is 0 Å². The summed E-state index contributed by atoms with van der Waals surface area (Å²) in [5.41, 5.74) is 1.05. The van der Waals surface area contributed by atoms with Crippen molar-refractivity contribution in [2.75, 3.05) is 36.5 Å². The SMILES string of the molecule is Cc1cnc(N2CCCC2CO)nc1NCCN(C(C)C)C(C)C. The van der Waals surface area contributed by atoms with Gasteiger partial charge < -0.3 is 15.3 Å². The van der Waals surface area contributed by atoms with E-state index in [1.807, 2.05) is 13.1 Å². The van der Waals surface area contributed by atoms with Crippen molar-refractivity contribution in [3.05, 3.63) is 11.8 Å². The highest BCUT2D eigenvalue weighted by Crippen LogP contribution is 2.24. The molecule has 136 valence electrons. The highest BCUT2D eigenvalue weighted by molar-refractivity contribution is 5.48. The molecule has 0 aliphatic carbocycles. The van der Waals surface area contributed by atoms with E-state index < -0.39 is 0 Å². The molecule has 2 heterocycles. The number of hydrogen-bond acceptors (Lipinski definition) is 6. The van der Waals surface area contributed by atoms with Gasteiger partial charge in [-0.15, -0.1) is 0 Å². The van der Waals surface area contributed by atoms with E-state index in [4.69, 9.17) is 4.98 Å². The first kappa shape index (κ1) is 18.9. The van der Waals surface area contributed by atoms with E-state index in [1.54, 1.807) is 0 Å². The quantitative estimate of drug-likeness (QED) is 0.760. The molecule has 1 fully saturated rings. The third kappa shape index (κ3) is 4.57. The van der Waals surface area contributed by atoms with Crippen LogP contribution in [0.3, 0.4) is 0 Å². The van der Waals surface area contributed by atoms with Gasteiger partial charge in [0.05, 0.1) is 12.6 Å². The van der Waals surface area contributed by atoms with Crippen molar-refractivity contribution in [1.82, 2.24) is 14.9 Å². The molecular formula is C18H33N5O. The maximum absolute atomic E-state index is 9.51. The summed E-state index contributed by atoms with van der Waals surface area (Å²) in [6.07, 6.45) is 3.97. The third-order valence-electron chi connectivity index (χ3n) is 4.79. The minimum atomic E-state index is 0.151. The normalized spacial score (nSPS) is 18.2. The lowest BCUT2D eigenvalue weighted by atomic mass is 10.2. The second kappa shape index (κ2) is 8.62. The Hall–Kier alpha value is -1.40. The Morgan fingerprint density at radius 1 is 1.33 bits per heavy atom. The van der Waals surface area contributed by atoms with E-state index in [0.29, 0.717) is 12.1 Å². The maximum atomic E-state index is 9.51. The predicted octanol–water partition coefficient (Wildman–Crippen LogP) is 2.28. The lowest BCUT2D eigenvalue weighted by molar-refractivity contribution is 0.182. The van der Waals surface area contributed by atoms with Gasteiger partial charge in [-0.05, 0) is 47.5 Å². The fourth-order valence-corrected chi connectivity index (χ4v) is 3.45. The van der Waals surface area contributed by atoms with Crippen LogP contribution in [0.15, 0.2) is 6.20 Å². The number of aliphatic hydroxyl groups excluding tert-OH is 1. The summed E-state index contributed by atoms with van der Waals surface area (Å²) < 4.78 is 0. The summed E-state index contributed by atoms with van der Waals surface area (Å²) in [4.78, 5) is 13.8. The number of aryl methyl sites for hydroxylation is 1. The fraction of sp³-hybridized carbons (Fsp3) is 0.778. The molecule has 1 unspecified atom stereocenters. The van der Waals surface area contributed by atoms with Gasteiger partial charge in [0.15, 0.2) is 0 Å². The monoisotopic (exact) mass is 335 g/mol. The first-order valence-electron chi connectivity index (χ1n) is 9.14. The van der Waals surface area contributed by atoms with E-state index in [-0.39, 0.29) is 12.6 Å². The van der Waals surface area contributed by atoms with Gasteiger partial charge in [-0.25, -0.2) is 4.98 Å². The Balaban J connectivity index is 2.01. The number of aromatic nitrogens is 2. The molecule has 0 bridgehead atoms. The van der Waals surface area contributed by atoms with E-state index in [0.717, 1.165) is 49.8 Å². The van der Waals surface area contributed by atoms with E-state index in [1.165, 1.54) is 0 Å². The summed E-state index contributed by atoms with van der Waals surface area (Å²) >= 11 is 0. The number of anilines is 2. The average Bonchev–Trinajstić information content (AvgIpc) is 3.00. The van der Waals surface area contributed by atoms with Gasteiger partial charge in [-0.2, -0.15) is 4.98 Å². The Bertz CT molecular complexity index is 512. The Labute approximate surface area is 146 Å². The van der Waals surface area contributed by atoms with Crippen molar-refractivity contribution in [3.8, 4) is 0 Å². The highest BCUT2D eigenvalue weighted by Gasteiger charge is 2.26. The molecule has 0 spiro atoms. The fourth-order valence-electron chi connectivity index (χ4n) is 3.45. The molecule has 6 nitrogen and oxygen atoms in total. The largest absolute Gasteiger partial charge is 0.394 e. The molecule has 2 rings (SSSR count). The molecule has 1 aliphatic heterocycles. The molecule has 24 heavy (non-hydrogen) atoms. The third-order valence-corrected chi connectivity index (χ3v) is 4.79. The number of hydrogen-bond donors (Lipinski definition) is 2. The van der Waals surface area contributed by atoms with Gasteiger partial charge >= 0.3 is 0 Å². The second-order valence-electron chi connectivity index (χ2n) is 7.23. The summed E-state index contributed by atoms with van der Waals surface area (Å²) in [6.45, 7) is 13.9. The van der Waals surface area contributed by atoms with Crippen LogP contribution in [0.5, 0.6) is 0 Å². The van der Waals surface area contributed by atoms with Crippen LogP contribution in [0, 0.1) is 6.92 Å². The smallest absolute Gasteiger partial charge is 0.227 e. The van der Waals surface area contributed by atoms with Crippen molar-refractivity contribution >= 4 is 11.8 Å². The zero-order chi connectivity index (χ0) is 17.7.